The molecule has 236 valence electrons. The summed E-state index contributed by atoms with van der Waals surface area (Å²) in [5, 5.41) is 8.18. The summed E-state index contributed by atoms with van der Waals surface area (Å²) in [6, 6.07) is 18.5. The second-order valence-electron chi connectivity index (χ2n) is 13.7. The standard InChI is InChI=1S/C39H56O4/c1-9-37(4,5)41-27-26-40-24-12-14-29-16-18-31-21-23-34-30(17-19-32-20-22-33(29)35(31)36(32)34)15-13-25-42-39(8,11-3)28-43-38(6,7)10-2/h16-23H,9-15,24-28H2,1-8H3. The molecule has 0 saturated heterocycles. The Balaban J connectivity index is 1.40. The molecule has 43 heavy (non-hydrogen) atoms. The van der Waals surface area contributed by atoms with Crippen LogP contribution in [0.3, 0.4) is 0 Å². The van der Waals surface area contributed by atoms with Crippen molar-refractivity contribution in [1.82, 2.24) is 0 Å². The van der Waals surface area contributed by atoms with Crippen molar-refractivity contribution in [3.8, 4) is 0 Å². The van der Waals surface area contributed by atoms with Gasteiger partial charge in [0.15, 0.2) is 0 Å². The molecule has 0 amide bonds. The van der Waals surface area contributed by atoms with Gasteiger partial charge >= 0.3 is 0 Å². The molecule has 0 N–H and O–H groups in total. The van der Waals surface area contributed by atoms with Crippen LogP contribution in [0.5, 0.6) is 0 Å². The molecule has 0 aromatic heterocycles. The van der Waals surface area contributed by atoms with Crippen molar-refractivity contribution in [2.75, 3.05) is 33.0 Å². The SMILES string of the molecule is CCC(C)(C)OCCOCCCc1ccc2ccc3c(CCCOC(C)(CC)COC(C)(C)CC)ccc4ccc1c2c43. The normalized spacial score (nSPS) is 14.3. The second-order valence-corrected chi connectivity index (χ2v) is 13.7. The van der Waals surface area contributed by atoms with Crippen molar-refractivity contribution in [1.29, 1.82) is 0 Å². The number of ether oxygens (including phenoxy) is 4. The minimum atomic E-state index is -0.254. The van der Waals surface area contributed by atoms with E-state index in [-0.39, 0.29) is 16.8 Å². The average molecular weight is 589 g/mol. The fraction of sp³-hybridized carbons (Fsp3) is 0.590. The third-order valence-electron chi connectivity index (χ3n) is 9.56. The first-order chi connectivity index (χ1) is 20.5. The van der Waals surface area contributed by atoms with Gasteiger partial charge in [-0.05, 0) is 123 Å². The quantitative estimate of drug-likeness (QED) is 0.0807. The first-order valence-corrected chi connectivity index (χ1v) is 16.7. The third kappa shape index (κ3) is 8.69. The highest BCUT2D eigenvalue weighted by Crippen LogP contribution is 2.38. The molecule has 0 radical (unpaired) electrons. The Hall–Kier alpha value is -2.24. The molecule has 0 fully saturated rings. The van der Waals surface area contributed by atoms with Crippen LogP contribution in [0.1, 0.15) is 98.6 Å². The van der Waals surface area contributed by atoms with Crippen LogP contribution in [0.25, 0.3) is 32.3 Å². The van der Waals surface area contributed by atoms with Crippen molar-refractivity contribution in [3.05, 3.63) is 59.7 Å². The molecule has 4 rings (SSSR count). The Labute approximate surface area is 260 Å². The predicted octanol–water partition coefficient (Wildman–Crippen LogP) is 10.1. The molecule has 4 aromatic rings. The van der Waals surface area contributed by atoms with E-state index >= 15 is 0 Å². The zero-order valence-electron chi connectivity index (χ0n) is 28.2. The van der Waals surface area contributed by atoms with Gasteiger partial charge in [0.05, 0.1) is 36.6 Å². The maximum atomic E-state index is 6.43. The summed E-state index contributed by atoms with van der Waals surface area (Å²) in [4.78, 5) is 0. The van der Waals surface area contributed by atoms with Crippen LogP contribution in [0.4, 0.5) is 0 Å². The Morgan fingerprint density at radius 2 is 1.02 bits per heavy atom. The molecule has 1 atom stereocenters. The number of hydrogen-bond donors (Lipinski definition) is 0. The lowest BCUT2D eigenvalue weighted by atomic mass is 9.88. The van der Waals surface area contributed by atoms with Gasteiger partial charge in [-0.1, -0.05) is 69.3 Å². The van der Waals surface area contributed by atoms with E-state index in [1.54, 1.807) is 0 Å². The highest BCUT2D eigenvalue weighted by Gasteiger charge is 2.27. The van der Waals surface area contributed by atoms with Crippen LogP contribution in [0, 0.1) is 0 Å². The zero-order chi connectivity index (χ0) is 31.1. The molecule has 0 aliphatic heterocycles. The molecule has 0 bridgehead atoms. The maximum absolute atomic E-state index is 6.43. The molecular formula is C39H56O4. The van der Waals surface area contributed by atoms with Gasteiger partial charge in [-0.2, -0.15) is 0 Å². The molecule has 0 saturated carbocycles. The van der Waals surface area contributed by atoms with Crippen LogP contribution in [-0.4, -0.2) is 49.8 Å². The van der Waals surface area contributed by atoms with Crippen LogP contribution in [0.15, 0.2) is 48.5 Å². The summed E-state index contributed by atoms with van der Waals surface area (Å²) < 4.78 is 24.5. The van der Waals surface area contributed by atoms with Gasteiger partial charge in [0.2, 0.25) is 0 Å². The van der Waals surface area contributed by atoms with E-state index in [4.69, 9.17) is 18.9 Å². The Bertz CT molecular complexity index is 1440. The molecule has 0 aliphatic carbocycles. The van der Waals surface area contributed by atoms with Crippen LogP contribution >= 0.6 is 0 Å². The molecule has 0 heterocycles. The van der Waals surface area contributed by atoms with Gasteiger partial charge in [-0.3, -0.25) is 0 Å². The van der Waals surface area contributed by atoms with E-state index < -0.39 is 0 Å². The lowest BCUT2D eigenvalue weighted by molar-refractivity contribution is -0.130. The smallest absolute Gasteiger partial charge is 0.0884 e. The minimum Gasteiger partial charge on any atom is -0.379 e. The molecule has 0 spiro atoms. The van der Waals surface area contributed by atoms with Crippen molar-refractivity contribution in [2.45, 2.75) is 117 Å². The highest BCUT2D eigenvalue weighted by atomic mass is 16.6. The molecule has 0 aliphatic rings. The largest absolute Gasteiger partial charge is 0.379 e. The van der Waals surface area contributed by atoms with Crippen LogP contribution in [0.2, 0.25) is 0 Å². The number of aryl methyl sites for hydroxylation is 2. The first-order valence-electron chi connectivity index (χ1n) is 16.7. The Morgan fingerprint density at radius 3 is 1.56 bits per heavy atom. The van der Waals surface area contributed by atoms with Crippen molar-refractivity contribution >= 4 is 32.3 Å². The monoisotopic (exact) mass is 588 g/mol. The number of benzene rings is 4. The summed E-state index contributed by atoms with van der Waals surface area (Å²) in [6.07, 6.45) is 6.93. The molecular weight excluding hydrogens is 532 g/mol. The fourth-order valence-electron chi connectivity index (χ4n) is 5.58. The van der Waals surface area contributed by atoms with E-state index in [1.165, 1.54) is 43.4 Å². The lowest BCUT2D eigenvalue weighted by Crippen LogP contribution is -2.38. The first kappa shape index (κ1) is 33.6. The van der Waals surface area contributed by atoms with E-state index in [9.17, 15) is 0 Å². The number of hydrogen-bond acceptors (Lipinski definition) is 4. The number of rotatable bonds is 19. The summed E-state index contributed by atoms with van der Waals surface area (Å²) in [6.45, 7) is 20.7. The van der Waals surface area contributed by atoms with E-state index in [2.05, 4.69) is 104 Å². The van der Waals surface area contributed by atoms with Gasteiger partial charge in [-0.25, -0.2) is 0 Å². The Morgan fingerprint density at radius 1 is 0.512 bits per heavy atom. The van der Waals surface area contributed by atoms with Gasteiger partial charge in [0.25, 0.3) is 0 Å². The molecule has 4 heteroatoms. The van der Waals surface area contributed by atoms with Crippen molar-refractivity contribution in [2.24, 2.45) is 0 Å². The van der Waals surface area contributed by atoms with Crippen LogP contribution < -0.4 is 0 Å². The predicted molar refractivity (Wildman–Crippen MR) is 183 cm³/mol. The second kappa shape index (κ2) is 14.7. The van der Waals surface area contributed by atoms with Crippen molar-refractivity contribution < 1.29 is 18.9 Å². The van der Waals surface area contributed by atoms with Gasteiger partial charge in [0.1, 0.15) is 0 Å². The minimum absolute atomic E-state index is 0.0733. The topological polar surface area (TPSA) is 36.9 Å². The van der Waals surface area contributed by atoms with Gasteiger partial charge < -0.3 is 18.9 Å². The molecule has 4 nitrogen and oxygen atoms in total. The maximum Gasteiger partial charge on any atom is 0.0884 e. The van der Waals surface area contributed by atoms with E-state index in [1.807, 2.05) is 0 Å². The third-order valence-corrected chi connectivity index (χ3v) is 9.56. The summed E-state index contributed by atoms with van der Waals surface area (Å²) in [5.41, 5.74) is 2.36. The zero-order valence-corrected chi connectivity index (χ0v) is 28.2. The van der Waals surface area contributed by atoms with Gasteiger partial charge in [0, 0.05) is 13.2 Å². The molecule has 1 unspecified atom stereocenters. The summed E-state index contributed by atoms with van der Waals surface area (Å²) in [7, 11) is 0. The highest BCUT2D eigenvalue weighted by molar-refractivity contribution is 6.24. The van der Waals surface area contributed by atoms with E-state index in [0.29, 0.717) is 19.8 Å². The summed E-state index contributed by atoms with van der Waals surface area (Å²) >= 11 is 0. The summed E-state index contributed by atoms with van der Waals surface area (Å²) in [5.74, 6) is 0. The van der Waals surface area contributed by atoms with Crippen LogP contribution in [-0.2, 0) is 31.8 Å². The Kier molecular flexibility index (Phi) is 11.5. The van der Waals surface area contributed by atoms with Gasteiger partial charge in [-0.15, -0.1) is 0 Å². The van der Waals surface area contributed by atoms with Crippen molar-refractivity contribution in [3.63, 3.8) is 0 Å². The molecule has 4 aromatic carbocycles. The lowest BCUT2D eigenvalue weighted by Gasteiger charge is -2.33. The average Bonchev–Trinajstić information content (AvgIpc) is 3.01. The fourth-order valence-corrected chi connectivity index (χ4v) is 5.58. The van der Waals surface area contributed by atoms with E-state index in [0.717, 1.165) is 58.2 Å².